The van der Waals surface area contributed by atoms with E-state index in [9.17, 15) is 0 Å². The third-order valence-corrected chi connectivity index (χ3v) is 11.1. The average molecular weight is 721 g/mol. The molecule has 0 atom stereocenters. The van der Waals surface area contributed by atoms with Gasteiger partial charge in [-0.1, -0.05) is 115 Å². The van der Waals surface area contributed by atoms with Crippen molar-refractivity contribution in [1.82, 2.24) is 0 Å². The van der Waals surface area contributed by atoms with Crippen molar-refractivity contribution < 1.29 is 8.83 Å². The van der Waals surface area contributed by atoms with Crippen LogP contribution in [0.15, 0.2) is 203 Å². The van der Waals surface area contributed by atoms with E-state index >= 15 is 0 Å². The van der Waals surface area contributed by atoms with Gasteiger partial charge in [-0.2, -0.15) is 0 Å². The van der Waals surface area contributed by atoms with Crippen LogP contribution in [0.4, 0.5) is 34.1 Å². The molecule has 0 amide bonds. The Kier molecular flexibility index (Phi) is 7.59. The predicted octanol–water partition coefficient (Wildman–Crippen LogP) is 15.3. The SMILES string of the molecule is C1=CCCC(c2ccc(N(c3ccc4c(c3)oc3ccccc34)c3cc(N(c4ccccc4)c4ccccc4)cc4oc5c6ccccc6ccc5c34)cc2)=C1. The second-order valence-corrected chi connectivity index (χ2v) is 14.4. The van der Waals surface area contributed by atoms with Gasteiger partial charge in [-0.3, -0.25) is 0 Å². The molecule has 56 heavy (non-hydrogen) atoms. The van der Waals surface area contributed by atoms with Crippen LogP contribution < -0.4 is 9.80 Å². The summed E-state index contributed by atoms with van der Waals surface area (Å²) in [4.78, 5) is 4.68. The molecule has 8 aromatic carbocycles. The van der Waals surface area contributed by atoms with E-state index in [2.05, 4.69) is 192 Å². The van der Waals surface area contributed by atoms with E-state index in [1.807, 2.05) is 12.1 Å². The molecule has 11 rings (SSSR count). The molecule has 4 nitrogen and oxygen atoms in total. The number of furan rings is 2. The molecule has 0 aliphatic heterocycles. The molecule has 2 aromatic heterocycles. The minimum absolute atomic E-state index is 0.811. The summed E-state index contributed by atoms with van der Waals surface area (Å²) in [5, 5.41) is 6.55. The summed E-state index contributed by atoms with van der Waals surface area (Å²) in [6, 6.07) is 62.4. The molecule has 0 fully saturated rings. The first-order valence-electron chi connectivity index (χ1n) is 19.2. The molecule has 1 aliphatic carbocycles. The number of allylic oxidation sites excluding steroid dienone is 4. The van der Waals surface area contributed by atoms with E-state index in [1.165, 1.54) is 11.1 Å². The quantitative estimate of drug-likeness (QED) is 0.164. The Morgan fingerprint density at radius 2 is 1.07 bits per heavy atom. The van der Waals surface area contributed by atoms with Gasteiger partial charge in [0.2, 0.25) is 0 Å². The third kappa shape index (κ3) is 5.38. The van der Waals surface area contributed by atoms with Crippen LogP contribution in [-0.4, -0.2) is 0 Å². The van der Waals surface area contributed by atoms with Crippen molar-refractivity contribution in [2.45, 2.75) is 12.8 Å². The lowest BCUT2D eigenvalue weighted by atomic mass is 9.97. The van der Waals surface area contributed by atoms with Crippen LogP contribution in [0.2, 0.25) is 0 Å². The fourth-order valence-electron chi connectivity index (χ4n) is 8.45. The Labute approximate surface area is 324 Å². The standard InChI is InChI=1S/C52H36N2O2/c1-4-14-35(15-5-1)36-24-27-40(28-25-36)54(41-29-31-45-44-22-12-13-23-48(44)55-49(45)33-41)47-32-42(53(38-17-6-2-7-18-38)39-19-8-3-9-20-39)34-50-51(47)46-30-26-37-16-10-11-21-43(37)52(46)56-50/h1-4,6-14,16-34H,5,15H2. The van der Waals surface area contributed by atoms with Crippen molar-refractivity contribution >= 4 is 94.3 Å². The van der Waals surface area contributed by atoms with Crippen molar-refractivity contribution in [3.63, 3.8) is 0 Å². The van der Waals surface area contributed by atoms with E-state index in [0.29, 0.717) is 0 Å². The van der Waals surface area contributed by atoms with E-state index < -0.39 is 0 Å². The molecule has 0 saturated heterocycles. The molecular formula is C52H36N2O2. The van der Waals surface area contributed by atoms with Crippen LogP contribution in [0.25, 0.3) is 60.2 Å². The van der Waals surface area contributed by atoms with Crippen LogP contribution in [0.1, 0.15) is 18.4 Å². The topological polar surface area (TPSA) is 32.8 Å². The summed E-state index contributed by atoms with van der Waals surface area (Å²) >= 11 is 0. The van der Waals surface area contributed by atoms with Gasteiger partial charge in [0.05, 0.1) is 16.8 Å². The number of fused-ring (bicyclic) bond motifs is 8. The summed E-state index contributed by atoms with van der Waals surface area (Å²) in [6.07, 6.45) is 8.74. The Morgan fingerprint density at radius 1 is 0.429 bits per heavy atom. The van der Waals surface area contributed by atoms with Crippen molar-refractivity contribution in [1.29, 1.82) is 0 Å². The maximum Gasteiger partial charge on any atom is 0.143 e. The van der Waals surface area contributed by atoms with Gasteiger partial charge in [0.15, 0.2) is 0 Å². The maximum absolute atomic E-state index is 7.01. The van der Waals surface area contributed by atoms with Crippen molar-refractivity contribution in [3.8, 4) is 0 Å². The highest BCUT2D eigenvalue weighted by Crippen LogP contribution is 2.49. The van der Waals surface area contributed by atoms with Gasteiger partial charge < -0.3 is 18.6 Å². The molecule has 0 spiro atoms. The van der Waals surface area contributed by atoms with E-state index in [0.717, 1.165) is 102 Å². The first-order valence-corrected chi connectivity index (χ1v) is 19.2. The van der Waals surface area contributed by atoms with Gasteiger partial charge in [-0.15, -0.1) is 0 Å². The zero-order valence-corrected chi connectivity index (χ0v) is 30.6. The molecule has 0 N–H and O–H groups in total. The summed E-state index contributed by atoms with van der Waals surface area (Å²) in [6.45, 7) is 0. The highest BCUT2D eigenvalue weighted by Gasteiger charge is 2.25. The average Bonchev–Trinajstić information content (AvgIpc) is 3.84. The fraction of sp³-hybridized carbons (Fsp3) is 0.0385. The predicted molar refractivity (Wildman–Crippen MR) is 234 cm³/mol. The number of anilines is 6. The van der Waals surface area contributed by atoms with Crippen molar-refractivity contribution in [2.75, 3.05) is 9.80 Å². The lowest BCUT2D eigenvalue weighted by Crippen LogP contribution is -2.13. The number of para-hydroxylation sites is 3. The monoisotopic (exact) mass is 720 g/mol. The van der Waals surface area contributed by atoms with E-state index in [-0.39, 0.29) is 0 Å². The summed E-state index contributed by atoms with van der Waals surface area (Å²) in [5.74, 6) is 0. The highest BCUT2D eigenvalue weighted by molar-refractivity contribution is 6.20. The minimum Gasteiger partial charge on any atom is -0.456 e. The van der Waals surface area contributed by atoms with Crippen LogP contribution in [0.5, 0.6) is 0 Å². The van der Waals surface area contributed by atoms with Gasteiger partial charge in [0.25, 0.3) is 0 Å². The lowest BCUT2D eigenvalue weighted by Gasteiger charge is -2.30. The zero-order valence-electron chi connectivity index (χ0n) is 30.6. The fourth-order valence-corrected chi connectivity index (χ4v) is 8.45. The largest absolute Gasteiger partial charge is 0.456 e. The minimum atomic E-state index is 0.811. The molecule has 2 heterocycles. The van der Waals surface area contributed by atoms with Gasteiger partial charge in [0, 0.05) is 56.4 Å². The highest BCUT2D eigenvalue weighted by atomic mass is 16.3. The number of benzene rings is 8. The second kappa shape index (κ2) is 13.2. The lowest BCUT2D eigenvalue weighted by molar-refractivity contribution is 0.669. The zero-order chi connectivity index (χ0) is 37.0. The summed E-state index contributed by atoms with van der Waals surface area (Å²) < 4.78 is 13.5. The second-order valence-electron chi connectivity index (χ2n) is 14.4. The molecule has 0 saturated carbocycles. The molecular weight excluding hydrogens is 685 g/mol. The van der Waals surface area contributed by atoms with Crippen LogP contribution >= 0.6 is 0 Å². The first kappa shape index (κ1) is 32.2. The van der Waals surface area contributed by atoms with E-state index in [1.54, 1.807) is 0 Å². The Morgan fingerprint density at radius 3 is 1.84 bits per heavy atom. The van der Waals surface area contributed by atoms with Crippen molar-refractivity contribution in [3.05, 3.63) is 200 Å². The van der Waals surface area contributed by atoms with Gasteiger partial charge in [0.1, 0.15) is 22.3 Å². The Bertz CT molecular complexity index is 3100. The molecule has 0 bridgehead atoms. The molecule has 4 heteroatoms. The number of hydrogen-bond acceptors (Lipinski definition) is 4. The van der Waals surface area contributed by atoms with Crippen LogP contribution in [-0.2, 0) is 0 Å². The third-order valence-electron chi connectivity index (χ3n) is 11.1. The molecule has 0 radical (unpaired) electrons. The van der Waals surface area contributed by atoms with Crippen LogP contribution in [0.3, 0.4) is 0 Å². The van der Waals surface area contributed by atoms with E-state index in [4.69, 9.17) is 8.83 Å². The molecule has 1 aliphatic rings. The number of nitrogens with zero attached hydrogens (tertiary/aromatic N) is 2. The molecule has 10 aromatic rings. The number of rotatable bonds is 7. The van der Waals surface area contributed by atoms with Gasteiger partial charge in [-0.05, 0) is 96.1 Å². The maximum atomic E-state index is 7.01. The van der Waals surface area contributed by atoms with Gasteiger partial charge >= 0.3 is 0 Å². The molecule has 0 unspecified atom stereocenters. The number of hydrogen-bond donors (Lipinski definition) is 0. The normalized spacial score (nSPS) is 12.9. The summed E-state index contributed by atoms with van der Waals surface area (Å²) in [7, 11) is 0. The van der Waals surface area contributed by atoms with Gasteiger partial charge in [-0.25, -0.2) is 0 Å². The molecule has 266 valence electrons. The Balaban J connectivity index is 1.22. The van der Waals surface area contributed by atoms with Crippen molar-refractivity contribution in [2.24, 2.45) is 0 Å². The smallest absolute Gasteiger partial charge is 0.143 e. The summed E-state index contributed by atoms with van der Waals surface area (Å²) in [5.41, 5.74) is 12.1. The van der Waals surface area contributed by atoms with Crippen LogP contribution in [0, 0.1) is 0 Å². The Hall–Kier alpha value is -7.30. The first-order chi connectivity index (χ1) is 27.8.